The van der Waals surface area contributed by atoms with Crippen molar-refractivity contribution in [2.75, 3.05) is 0 Å². The van der Waals surface area contributed by atoms with E-state index in [0.717, 1.165) is 17.0 Å². The number of hydrogen-bond acceptors (Lipinski definition) is 4. The molecule has 3 N–H and O–H groups in total. The molecule has 0 radical (unpaired) electrons. The van der Waals surface area contributed by atoms with Crippen LogP contribution in [0.2, 0.25) is 0 Å². The number of rotatable bonds is 5. The van der Waals surface area contributed by atoms with Gasteiger partial charge in [-0.25, -0.2) is 5.43 Å². The molecule has 0 fully saturated rings. The van der Waals surface area contributed by atoms with Crippen LogP contribution in [0.25, 0.3) is 0 Å². The Morgan fingerprint density at radius 1 is 1.11 bits per heavy atom. The van der Waals surface area contributed by atoms with Crippen molar-refractivity contribution in [2.45, 2.75) is 26.0 Å². The topological polar surface area (TPSA) is 60.2 Å². The molecule has 0 spiro atoms. The number of para-hydroxylation sites is 1. The highest BCUT2D eigenvalue weighted by molar-refractivity contribution is 5.39. The number of aromatic nitrogens is 1. The quantitative estimate of drug-likeness (QED) is 0.638. The molecule has 0 saturated carbocycles. The largest absolute Gasteiger partial charge is 0.491 e. The summed E-state index contributed by atoms with van der Waals surface area (Å²) >= 11 is 0. The SMILES string of the molecule is CC(C)Oc1ccccc1C(NN)c1ccccn1. The van der Waals surface area contributed by atoms with Gasteiger partial charge in [0.1, 0.15) is 5.75 Å². The Morgan fingerprint density at radius 2 is 1.84 bits per heavy atom. The Kier molecular flexibility index (Phi) is 4.49. The summed E-state index contributed by atoms with van der Waals surface area (Å²) in [5, 5.41) is 0. The molecule has 100 valence electrons. The molecule has 2 aromatic rings. The summed E-state index contributed by atoms with van der Waals surface area (Å²) in [5.74, 6) is 6.52. The third-order valence-corrected chi connectivity index (χ3v) is 2.74. The maximum absolute atomic E-state index is 5.83. The van der Waals surface area contributed by atoms with Gasteiger partial charge in [0.25, 0.3) is 0 Å². The van der Waals surface area contributed by atoms with Crippen molar-refractivity contribution < 1.29 is 4.74 Å². The Balaban J connectivity index is 2.38. The number of nitrogens with two attached hydrogens (primary N) is 1. The van der Waals surface area contributed by atoms with Gasteiger partial charge in [-0.3, -0.25) is 10.8 Å². The van der Waals surface area contributed by atoms with Crippen molar-refractivity contribution in [2.24, 2.45) is 5.84 Å². The first kappa shape index (κ1) is 13.5. The zero-order valence-corrected chi connectivity index (χ0v) is 11.2. The third kappa shape index (κ3) is 3.30. The second-order valence-electron chi connectivity index (χ2n) is 4.56. The van der Waals surface area contributed by atoms with E-state index in [9.17, 15) is 0 Å². The number of nitrogens with one attached hydrogen (secondary N) is 1. The zero-order chi connectivity index (χ0) is 13.7. The summed E-state index contributed by atoms with van der Waals surface area (Å²) in [6.45, 7) is 4.00. The van der Waals surface area contributed by atoms with Gasteiger partial charge < -0.3 is 4.74 Å². The monoisotopic (exact) mass is 257 g/mol. The molecule has 0 aliphatic heterocycles. The van der Waals surface area contributed by atoms with Crippen molar-refractivity contribution in [3.63, 3.8) is 0 Å². The summed E-state index contributed by atoms with van der Waals surface area (Å²) < 4.78 is 5.83. The molecule has 19 heavy (non-hydrogen) atoms. The molecule has 0 aliphatic carbocycles. The first-order chi connectivity index (χ1) is 9.22. The van der Waals surface area contributed by atoms with Crippen LogP contribution in [0.4, 0.5) is 0 Å². The van der Waals surface area contributed by atoms with Crippen LogP contribution in [0.15, 0.2) is 48.7 Å². The van der Waals surface area contributed by atoms with E-state index in [2.05, 4.69) is 10.4 Å². The molecule has 0 amide bonds. The molecule has 0 bridgehead atoms. The van der Waals surface area contributed by atoms with Crippen LogP contribution < -0.4 is 16.0 Å². The summed E-state index contributed by atoms with van der Waals surface area (Å²) in [6, 6.07) is 13.4. The minimum Gasteiger partial charge on any atom is -0.491 e. The number of nitrogens with zero attached hydrogens (tertiary/aromatic N) is 1. The highest BCUT2D eigenvalue weighted by Crippen LogP contribution is 2.29. The van der Waals surface area contributed by atoms with E-state index in [1.54, 1.807) is 6.20 Å². The van der Waals surface area contributed by atoms with Gasteiger partial charge in [0, 0.05) is 11.8 Å². The van der Waals surface area contributed by atoms with Crippen molar-refractivity contribution in [1.82, 2.24) is 10.4 Å². The minimum absolute atomic E-state index is 0.114. The molecule has 1 aromatic carbocycles. The van der Waals surface area contributed by atoms with Crippen LogP contribution in [0.3, 0.4) is 0 Å². The molecule has 1 heterocycles. The molecule has 2 rings (SSSR count). The van der Waals surface area contributed by atoms with E-state index in [4.69, 9.17) is 10.6 Å². The third-order valence-electron chi connectivity index (χ3n) is 2.74. The second-order valence-corrected chi connectivity index (χ2v) is 4.56. The van der Waals surface area contributed by atoms with E-state index in [0.29, 0.717) is 0 Å². The molecule has 4 nitrogen and oxygen atoms in total. The van der Waals surface area contributed by atoms with Crippen molar-refractivity contribution in [1.29, 1.82) is 0 Å². The molecule has 1 unspecified atom stereocenters. The van der Waals surface area contributed by atoms with Crippen molar-refractivity contribution >= 4 is 0 Å². The first-order valence-corrected chi connectivity index (χ1v) is 6.35. The predicted octanol–water partition coefficient (Wildman–Crippen LogP) is 2.42. The predicted molar refractivity (Wildman–Crippen MR) is 75.6 cm³/mol. The lowest BCUT2D eigenvalue weighted by atomic mass is 10.0. The lowest BCUT2D eigenvalue weighted by molar-refractivity contribution is 0.238. The van der Waals surface area contributed by atoms with Gasteiger partial charge in [-0.05, 0) is 32.0 Å². The van der Waals surface area contributed by atoms with E-state index < -0.39 is 0 Å². The zero-order valence-electron chi connectivity index (χ0n) is 11.2. The Bertz CT molecular complexity index is 514. The smallest absolute Gasteiger partial charge is 0.124 e. The van der Waals surface area contributed by atoms with Crippen LogP contribution in [0.5, 0.6) is 5.75 Å². The molecule has 0 aliphatic rings. The van der Waals surface area contributed by atoms with Crippen molar-refractivity contribution in [3.8, 4) is 5.75 Å². The lowest BCUT2D eigenvalue weighted by Gasteiger charge is -2.20. The van der Waals surface area contributed by atoms with Gasteiger partial charge in [-0.1, -0.05) is 24.3 Å². The lowest BCUT2D eigenvalue weighted by Crippen LogP contribution is -2.30. The normalized spacial score (nSPS) is 12.4. The van der Waals surface area contributed by atoms with Crippen LogP contribution in [0.1, 0.15) is 31.1 Å². The van der Waals surface area contributed by atoms with Crippen LogP contribution in [0, 0.1) is 0 Å². The highest BCUT2D eigenvalue weighted by atomic mass is 16.5. The average Bonchev–Trinajstić information content (AvgIpc) is 2.42. The molecule has 0 saturated heterocycles. The fourth-order valence-electron chi connectivity index (χ4n) is 1.96. The number of benzene rings is 1. The maximum Gasteiger partial charge on any atom is 0.124 e. The summed E-state index contributed by atoms with van der Waals surface area (Å²) in [5.41, 5.74) is 4.66. The minimum atomic E-state index is -0.184. The summed E-state index contributed by atoms with van der Waals surface area (Å²) in [4.78, 5) is 4.35. The van der Waals surface area contributed by atoms with Gasteiger partial charge in [0.15, 0.2) is 0 Å². The Morgan fingerprint density at radius 3 is 2.47 bits per heavy atom. The Hall–Kier alpha value is -1.91. The molecular formula is C15H19N3O. The molecule has 1 aromatic heterocycles. The van der Waals surface area contributed by atoms with Gasteiger partial charge in [0.2, 0.25) is 0 Å². The number of ether oxygens (including phenoxy) is 1. The number of hydrogen-bond donors (Lipinski definition) is 2. The van der Waals surface area contributed by atoms with E-state index in [1.807, 2.05) is 56.3 Å². The molecule has 1 atom stereocenters. The first-order valence-electron chi connectivity index (χ1n) is 6.35. The number of pyridine rings is 1. The fourth-order valence-corrected chi connectivity index (χ4v) is 1.96. The van der Waals surface area contributed by atoms with Gasteiger partial charge in [0.05, 0.1) is 17.8 Å². The van der Waals surface area contributed by atoms with Crippen LogP contribution >= 0.6 is 0 Å². The van der Waals surface area contributed by atoms with Crippen LogP contribution in [-0.4, -0.2) is 11.1 Å². The van der Waals surface area contributed by atoms with E-state index in [-0.39, 0.29) is 12.1 Å². The standard InChI is InChI=1S/C15H19N3O/c1-11(2)19-14-9-4-3-7-12(14)15(18-16)13-8-5-6-10-17-13/h3-11,15,18H,16H2,1-2H3. The van der Waals surface area contributed by atoms with E-state index >= 15 is 0 Å². The average molecular weight is 257 g/mol. The van der Waals surface area contributed by atoms with Gasteiger partial charge >= 0.3 is 0 Å². The Labute approximate surface area is 113 Å². The fraction of sp³-hybridized carbons (Fsp3) is 0.267. The highest BCUT2D eigenvalue weighted by Gasteiger charge is 2.18. The van der Waals surface area contributed by atoms with Crippen molar-refractivity contribution in [3.05, 3.63) is 59.9 Å². The molecular weight excluding hydrogens is 238 g/mol. The summed E-state index contributed by atoms with van der Waals surface area (Å²) in [7, 11) is 0. The van der Waals surface area contributed by atoms with E-state index in [1.165, 1.54) is 0 Å². The second kappa shape index (κ2) is 6.31. The van der Waals surface area contributed by atoms with Gasteiger partial charge in [-0.15, -0.1) is 0 Å². The number of hydrazine groups is 1. The summed E-state index contributed by atoms with van der Waals surface area (Å²) in [6.07, 6.45) is 1.87. The van der Waals surface area contributed by atoms with Gasteiger partial charge in [-0.2, -0.15) is 0 Å². The maximum atomic E-state index is 5.83. The molecule has 4 heteroatoms. The van der Waals surface area contributed by atoms with Crippen LogP contribution in [-0.2, 0) is 0 Å².